The van der Waals surface area contributed by atoms with E-state index in [9.17, 15) is 23.5 Å². The first kappa shape index (κ1) is 24.5. The number of carboxylic acids is 1. The summed E-state index contributed by atoms with van der Waals surface area (Å²) in [4.78, 5) is 24.2. The quantitative estimate of drug-likeness (QED) is 0.311. The Kier molecular flexibility index (Phi) is 11.3. The molecule has 1 fully saturated rings. The van der Waals surface area contributed by atoms with Crippen LogP contribution in [0.4, 0.5) is 8.78 Å². The first-order chi connectivity index (χ1) is 13.3. The second kappa shape index (κ2) is 12.9. The zero-order valence-corrected chi connectivity index (χ0v) is 16.9. The SMILES string of the molecule is CCCCCCC(F)(F)[C@@H](O)/C=C/C1CCC(=O)N1CCCCCCC(=O)O. The molecule has 2 N–H and O–H groups in total. The van der Waals surface area contributed by atoms with Gasteiger partial charge in [0.2, 0.25) is 5.91 Å². The Balaban J connectivity index is 2.42. The maximum absolute atomic E-state index is 14.0. The van der Waals surface area contributed by atoms with Gasteiger partial charge in [-0.15, -0.1) is 0 Å². The number of rotatable bonds is 15. The maximum atomic E-state index is 14.0. The lowest BCUT2D eigenvalue weighted by atomic mass is 10.0. The number of nitrogens with zero attached hydrogens (tertiary/aromatic N) is 1. The van der Waals surface area contributed by atoms with Crippen molar-refractivity contribution < 1.29 is 28.6 Å². The molecule has 162 valence electrons. The minimum Gasteiger partial charge on any atom is -0.481 e. The van der Waals surface area contributed by atoms with Gasteiger partial charge in [-0.2, -0.15) is 0 Å². The molecule has 1 aliphatic heterocycles. The lowest BCUT2D eigenvalue weighted by Crippen LogP contribution is -2.34. The molecule has 0 aromatic rings. The van der Waals surface area contributed by atoms with Gasteiger partial charge in [0.05, 0.1) is 6.04 Å². The van der Waals surface area contributed by atoms with Gasteiger partial charge in [-0.3, -0.25) is 9.59 Å². The van der Waals surface area contributed by atoms with Crippen LogP contribution in [0.25, 0.3) is 0 Å². The topological polar surface area (TPSA) is 77.8 Å². The van der Waals surface area contributed by atoms with Crippen LogP contribution < -0.4 is 0 Å². The smallest absolute Gasteiger partial charge is 0.303 e. The molecular weight excluding hydrogens is 368 g/mol. The van der Waals surface area contributed by atoms with Gasteiger partial charge >= 0.3 is 5.97 Å². The predicted octanol–water partition coefficient (Wildman–Crippen LogP) is 4.54. The van der Waals surface area contributed by atoms with E-state index in [1.54, 1.807) is 11.0 Å². The van der Waals surface area contributed by atoms with Crippen molar-refractivity contribution in [1.29, 1.82) is 0 Å². The lowest BCUT2D eigenvalue weighted by Gasteiger charge is -2.24. The standard InChI is InChI=1S/C21H35F2NO4/c1-2-3-4-8-15-21(22,23)18(25)13-11-17-12-14-19(26)24(17)16-9-6-5-7-10-20(27)28/h11,13,17-18,25H,2-10,12,14-16H2,1H3,(H,27,28)/b13-11+/t17?,18-/m0/s1. The van der Waals surface area contributed by atoms with Crippen molar-refractivity contribution in [3.8, 4) is 0 Å². The van der Waals surface area contributed by atoms with E-state index in [-0.39, 0.29) is 24.8 Å². The van der Waals surface area contributed by atoms with Crippen LogP contribution in [0.3, 0.4) is 0 Å². The van der Waals surface area contributed by atoms with Crippen LogP contribution in [0.15, 0.2) is 12.2 Å². The fourth-order valence-corrected chi connectivity index (χ4v) is 3.47. The van der Waals surface area contributed by atoms with Crippen LogP contribution in [0.1, 0.15) is 84.0 Å². The van der Waals surface area contributed by atoms with Crippen molar-refractivity contribution in [2.75, 3.05) is 6.54 Å². The summed E-state index contributed by atoms with van der Waals surface area (Å²) in [5, 5.41) is 18.5. The number of hydrogen-bond acceptors (Lipinski definition) is 3. The van der Waals surface area contributed by atoms with Crippen molar-refractivity contribution in [3.63, 3.8) is 0 Å². The molecule has 1 aliphatic rings. The van der Waals surface area contributed by atoms with Crippen LogP contribution in [-0.2, 0) is 9.59 Å². The van der Waals surface area contributed by atoms with Gasteiger partial charge in [0.1, 0.15) is 6.10 Å². The lowest BCUT2D eigenvalue weighted by molar-refractivity contribution is -0.137. The average molecular weight is 404 g/mol. The number of hydrogen-bond donors (Lipinski definition) is 2. The van der Waals surface area contributed by atoms with Gasteiger partial charge in [0.25, 0.3) is 5.92 Å². The van der Waals surface area contributed by atoms with Gasteiger partial charge in [-0.05, 0) is 25.7 Å². The van der Waals surface area contributed by atoms with E-state index in [1.807, 2.05) is 6.92 Å². The van der Waals surface area contributed by atoms with Gasteiger partial charge in [-0.25, -0.2) is 8.78 Å². The molecule has 28 heavy (non-hydrogen) atoms. The van der Waals surface area contributed by atoms with Crippen molar-refractivity contribution in [2.24, 2.45) is 0 Å². The first-order valence-electron chi connectivity index (χ1n) is 10.5. The summed E-state index contributed by atoms with van der Waals surface area (Å²) in [5.41, 5.74) is 0. The number of likely N-dealkylation sites (tertiary alicyclic amines) is 1. The molecule has 0 bridgehead atoms. The summed E-state index contributed by atoms with van der Waals surface area (Å²) in [6, 6.07) is -0.253. The molecule has 1 amide bonds. The highest BCUT2D eigenvalue weighted by molar-refractivity contribution is 5.79. The summed E-state index contributed by atoms with van der Waals surface area (Å²) in [6.45, 7) is 2.55. The Morgan fingerprint density at radius 3 is 2.57 bits per heavy atom. The minimum absolute atomic E-state index is 0.000927. The molecule has 1 heterocycles. The summed E-state index contributed by atoms with van der Waals surface area (Å²) in [5.74, 6) is -3.95. The Labute approximate surface area is 166 Å². The van der Waals surface area contributed by atoms with Crippen LogP contribution in [0.5, 0.6) is 0 Å². The number of carbonyl (C=O) groups excluding carboxylic acids is 1. The summed E-state index contributed by atoms with van der Waals surface area (Å²) in [6.07, 6.45) is 7.63. The Bertz CT molecular complexity index is 511. The number of aliphatic hydroxyl groups is 1. The molecule has 0 aromatic heterocycles. The van der Waals surface area contributed by atoms with Crippen LogP contribution in [0.2, 0.25) is 0 Å². The number of amides is 1. The number of unbranched alkanes of at least 4 members (excludes halogenated alkanes) is 6. The number of aliphatic hydroxyl groups excluding tert-OH is 1. The molecule has 7 heteroatoms. The molecule has 0 spiro atoms. The fraction of sp³-hybridized carbons (Fsp3) is 0.810. The second-order valence-corrected chi connectivity index (χ2v) is 7.65. The minimum atomic E-state index is -3.15. The van der Waals surface area contributed by atoms with Crippen LogP contribution in [0, 0.1) is 0 Å². The summed E-state index contributed by atoms with van der Waals surface area (Å²) in [7, 11) is 0. The number of carboxylic acid groups (broad SMARTS) is 1. The third-order valence-electron chi connectivity index (χ3n) is 5.23. The zero-order chi connectivity index (χ0) is 21.0. The molecule has 0 aliphatic carbocycles. The van der Waals surface area contributed by atoms with Gasteiger partial charge in [0, 0.05) is 25.8 Å². The predicted molar refractivity (Wildman–Crippen MR) is 104 cm³/mol. The summed E-state index contributed by atoms with van der Waals surface area (Å²) >= 11 is 0. The van der Waals surface area contributed by atoms with E-state index in [0.29, 0.717) is 32.2 Å². The molecule has 1 rings (SSSR count). The van der Waals surface area contributed by atoms with Crippen molar-refractivity contribution >= 4 is 11.9 Å². The Hall–Kier alpha value is -1.50. The van der Waals surface area contributed by atoms with E-state index in [2.05, 4.69) is 0 Å². The van der Waals surface area contributed by atoms with E-state index in [1.165, 1.54) is 0 Å². The van der Waals surface area contributed by atoms with Crippen molar-refractivity contribution in [3.05, 3.63) is 12.2 Å². The molecule has 0 aromatic carbocycles. The van der Waals surface area contributed by atoms with Crippen molar-refractivity contribution in [1.82, 2.24) is 4.90 Å². The fourth-order valence-electron chi connectivity index (χ4n) is 3.47. The third kappa shape index (κ3) is 9.13. The normalized spacial score (nSPS) is 18.9. The highest BCUT2D eigenvalue weighted by Gasteiger charge is 2.36. The van der Waals surface area contributed by atoms with E-state index >= 15 is 0 Å². The molecule has 1 unspecified atom stereocenters. The molecule has 0 saturated carbocycles. The number of alkyl halides is 2. The van der Waals surface area contributed by atoms with Gasteiger partial charge < -0.3 is 15.1 Å². The van der Waals surface area contributed by atoms with Crippen molar-refractivity contribution in [2.45, 2.75) is 102 Å². The van der Waals surface area contributed by atoms with E-state index < -0.39 is 18.0 Å². The molecule has 0 radical (unpaired) electrons. The highest BCUT2D eigenvalue weighted by atomic mass is 19.3. The Morgan fingerprint density at radius 1 is 1.21 bits per heavy atom. The Morgan fingerprint density at radius 2 is 1.89 bits per heavy atom. The van der Waals surface area contributed by atoms with Crippen LogP contribution >= 0.6 is 0 Å². The number of halogens is 2. The number of aliphatic carboxylic acids is 1. The maximum Gasteiger partial charge on any atom is 0.303 e. The third-order valence-corrected chi connectivity index (χ3v) is 5.23. The molecule has 2 atom stereocenters. The highest BCUT2D eigenvalue weighted by Crippen LogP contribution is 2.28. The largest absolute Gasteiger partial charge is 0.481 e. The second-order valence-electron chi connectivity index (χ2n) is 7.65. The van der Waals surface area contributed by atoms with Gasteiger partial charge in [-0.1, -0.05) is 51.2 Å². The van der Waals surface area contributed by atoms with E-state index in [4.69, 9.17) is 5.11 Å². The first-order valence-corrected chi connectivity index (χ1v) is 10.5. The van der Waals surface area contributed by atoms with E-state index in [0.717, 1.165) is 44.6 Å². The number of carbonyl (C=O) groups is 2. The van der Waals surface area contributed by atoms with Gasteiger partial charge in [0.15, 0.2) is 0 Å². The summed E-state index contributed by atoms with van der Waals surface area (Å²) < 4.78 is 28.1. The van der Waals surface area contributed by atoms with Crippen LogP contribution in [-0.4, -0.2) is 51.6 Å². The molecule has 5 nitrogen and oxygen atoms in total. The zero-order valence-electron chi connectivity index (χ0n) is 16.9. The average Bonchev–Trinajstić information content (AvgIpc) is 2.99. The molecule has 1 saturated heterocycles. The molecular formula is C21H35F2NO4. The monoisotopic (exact) mass is 403 g/mol.